The van der Waals surface area contributed by atoms with Crippen molar-refractivity contribution in [3.63, 3.8) is 0 Å². The van der Waals surface area contributed by atoms with Gasteiger partial charge in [-0.2, -0.15) is 0 Å². The van der Waals surface area contributed by atoms with Crippen LogP contribution in [0.15, 0.2) is 83.3 Å². The summed E-state index contributed by atoms with van der Waals surface area (Å²) >= 11 is 3.40. The van der Waals surface area contributed by atoms with Crippen molar-refractivity contribution in [2.75, 3.05) is 17.1 Å². The van der Waals surface area contributed by atoms with Gasteiger partial charge in [0.2, 0.25) is 21.8 Å². The minimum Gasteiger partial charge on any atom is -0.457 e. The number of hydrogen-bond acceptors (Lipinski definition) is 5. The Labute approximate surface area is 239 Å². The van der Waals surface area contributed by atoms with E-state index in [0.717, 1.165) is 27.0 Å². The second kappa shape index (κ2) is 13.6. The molecule has 0 aliphatic rings. The molecule has 0 spiro atoms. The van der Waals surface area contributed by atoms with Crippen molar-refractivity contribution in [3.05, 3.63) is 88.9 Å². The summed E-state index contributed by atoms with van der Waals surface area (Å²) in [6, 6.07) is 22.2. The Morgan fingerprint density at radius 1 is 0.923 bits per heavy atom. The Morgan fingerprint density at radius 2 is 1.51 bits per heavy atom. The van der Waals surface area contributed by atoms with E-state index in [1.807, 2.05) is 68.4 Å². The van der Waals surface area contributed by atoms with Gasteiger partial charge >= 0.3 is 0 Å². The number of carbonyl (C=O) groups excluding carboxylic acids is 2. The van der Waals surface area contributed by atoms with Crippen LogP contribution in [0.4, 0.5) is 5.69 Å². The van der Waals surface area contributed by atoms with Gasteiger partial charge in [0.1, 0.15) is 24.1 Å². The van der Waals surface area contributed by atoms with Crippen molar-refractivity contribution in [1.29, 1.82) is 0 Å². The first-order chi connectivity index (χ1) is 18.5. The fourth-order valence-corrected chi connectivity index (χ4v) is 4.87. The third kappa shape index (κ3) is 8.83. The standard InChI is InChI=1S/C29H34BrN3O5S/c1-5-21(2)31-29(35)22(3)32(19-23-11-13-24(30)14-12-23)28(34)20-33(39(4,36)37)25-15-17-27(18-16-25)38-26-9-7-6-8-10-26/h6-18,21-22H,5,19-20H2,1-4H3,(H,31,35). The number of amides is 2. The zero-order valence-corrected chi connectivity index (χ0v) is 24.9. The molecule has 2 atom stereocenters. The number of rotatable bonds is 12. The molecule has 0 aliphatic heterocycles. The average Bonchev–Trinajstić information content (AvgIpc) is 2.91. The molecule has 3 aromatic rings. The number of para-hydroxylation sites is 1. The van der Waals surface area contributed by atoms with Gasteiger partial charge < -0.3 is 15.0 Å². The van der Waals surface area contributed by atoms with Crippen LogP contribution in [0, 0.1) is 0 Å². The topological polar surface area (TPSA) is 96.0 Å². The number of benzene rings is 3. The number of nitrogens with zero attached hydrogens (tertiary/aromatic N) is 2. The monoisotopic (exact) mass is 615 g/mol. The van der Waals surface area contributed by atoms with Gasteiger partial charge in [0.15, 0.2) is 0 Å². The number of hydrogen-bond donors (Lipinski definition) is 1. The zero-order valence-electron chi connectivity index (χ0n) is 22.5. The van der Waals surface area contributed by atoms with Crippen LogP contribution in [0.25, 0.3) is 0 Å². The number of sulfonamides is 1. The van der Waals surface area contributed by atoms with Crippen LogP contribution in [0.1, 0.15) is 32.8 Å². The molecule has 8 nitrogen and oxygen atoms in total. The molecule has 3 rings (SSSR count). The summed E-state index contributed by atoms with van der Waals surface area (Å²) in [5.74, 6) is 0.369. The Bertz CT molecular complexity index is 1350. The van der Waals surface area contributed by atoms with Crippen molar-refractivity contribution in [1.82, 2.24) is 10.2 Å². The highest BCUT2D eigenvalue weighted by Crippen LogP contribution is 2.26. The van der Waals surface area contributed by atoms with E-state index in [9.17, 15) is 18.0 Å². The van der Waals surface area contributed by atoms with Gasteiger partial charge in [0.05, 0.1) is 11.9 Å². The van der Waals surface area contributed by atoms with Crippen LogP contribution >= 0.6 is 15.9 Å². The molecule has 2 unspecified atom stereocenters. The molecule has 39 heavy (non-hydrogen) atoms. The Balaban J connectivity index is 1.85. The van der Waals surface area contributed by atoms with Crippen LogP contribution in [-0.4, -0.2) is 50.0 Å². The third-order valence-corrected chi connectivity index (χ3v) is 7.89. The van der Waals surface area contributed by atoms with Gasteiger partial charge in [-0.15, -0.1) is 0 Å². The molecule has 0 fully saturated rings. The predicted molar refractivity (Wildman–Crippen MR) is 157 cm³/mol. The van der Waals surface area contributed by atoms with E-state index in [1.54, 1.807) is 31.2 Å². The quantitative estimate of drug-likeness (QED) is 0.297. The van der Waals surface area contributed by atoms with Crippen LogP contribution in [0.3, 0.4) is 0 Å². The maximum atomic E-state index is 13.7. The minimum atomic E-state index is -3.83. The molecule has 0 aromatic heterocycles. The van der Waals surface area contributed by atoms with E-state index >= 15 is 0 Å². The van der Waals surface area contributed by atoms with Crippen molar-refractivity contribution in [2.24, 2.45) is 0 Å². The number of halogens is 1. The second-order valence-corrected chi connectivity index (χ2v) is 12.1. The summed E-state index contributed by atoms with van der Waals surface area (Å²) in [5.41, 5.74) is 1.12. The van der Waals surface area contributed by atoms with Crippen molar-refractivity contribution in [2.45, 2.75) is 45.8 Å². The number of carbonyl (C=O) groups is 2. The van der Waals surface area contributed by atoms with Gasteiger partial charge in [-0.3, -0.25) is 13.9 Å². The molecular formula is C29H34BrN3O5S. The van der Waals surface area contributed by atoms with Gasteiger partial charge in [0.25, 0.3) is 0 Å². The van der Waals surface area contributed by atoms with Crippen molar-refractivity contribution >= 4 is 43.5 Å². The average molecular weight is 617 g/mol. The van der Waals surface area contributed by atoms with E-state index in [1.165, 1.54) is 4.90 Å². The molecule has 0 heterocycles. The molecule has 0 saturated carbocycles. The lowest BCUT2D eigenvalue weighted by Crippen LogP contribution is -2.52. The molecule has 0 aliphatic carbocycles. The normalized spacial score (nSPS) is 12.7. The summed E-state index contributed by atoms with van der Waals surface area (Å²) in [6.45, 7) is 5.18. The zero-order chi connectivity index (χ0) is 28.6. The first-order valence-corrected chi connectivity index (χ1v) is 15.3. The van der Waals surface area contributed by atoms with E-state index in [0.29, 0.717) is 17.2 Å². The molecule has 0 bridgehead atoms. The number of ether oxygens (including phenoxy) is 1. The predicted octanol–water partition coefficient (Wildman–Crippen LogP) is 5.34. The fraction of sp³-hybridized carbons (Fsp3) is 0.310. The molecule has 2 amide bonds. The Kier molecular flexibility index (Phi) is 10.5. The minimum absolute atomic E-state index is 0.0614. The molecule has 10 heteroatoms. The van der Waals surface area contributed by atoms with Crippen LogP contribution < -0.4 is 14.4 Å². The van der Waals surface area contributed by atoms with Crippen LogP contribution in [0.5, 0.6) is 11.5 Å². The van der Waals surface area contributed by atoms with E-state index < -0.39 is 28.5 Å². The molecule has 0 radical (unpaired) electrons. The molecule has 0 saturated heterocycles. The molecular weight excluding hydrogens is 582 g/mol. The molecule has 208 valence electrons. The smallest absolute Gasteiger partial charge is 0.244 e. The summed E-state index contributed by atoms with van der Waals surface area (Å²) < 4.78 is 33.3. The first kappa shape index (κ1) is 30.2. The van der Waals surface area contributed by atoms with E-state index in [-0.39, 0.29) is 18.5 Å². The highest BCUT2D eigenvalue weighted by molar-refractivity contribution is 9.10. The summed E-state index contributed by atoms with van der Waals surface area (Å²) in [5, 5.41) is 2.91. The summed E-state index contributed by atoms with van der Waals surface area (Å²) in [4.78, 5) is 28.1. The van der Waals surface area contributed by atoms with Crippen LogP contribution in [-0.2, 0) is 26.2 Å². The summed E-state index contributed by atoms with van der Waals surface area (Å²) in [7, 11) is -3.83. The Morgan fingerprint density at radius 3 is 2.08 bits per heavy atom. The maximum absolute atomic E-state index is 13.7. The summed E-state index contributed by atoms with van der Waals surface area (Å²) in [6.07, 6.45) is 1.79. The van der Waals surface area contributed by atoms with Gasteiger partial charge in [0, 0.05) is 17.1 Å². The lowest BCUT2D eigenvalue weighted by Gasteiger charge is -2.32. The van der Waals surface area contributed by atoms with Crippen LogP contribution in [0.2, 0.25) is 0 Å². The van der Waals surface area contributed by atoms with E-state index in [2.05, 4.69) is 21.2 Å². The molecule has 3 aromatic carbocycles. The SMILES string of the molecule is CCC(C)NC(=O)C(C)N(Cc1ccc(Br)cc1)C(=O)CN(c1ccc(Oc2ccccc2)cc1)S(C)(=O)=O. The number of anilines is 1. The first-order valence-electron chi connectivity index (χ1n) is 12.6. The highest BCUT2D eigenvalue weighted by atomic mass is 79.9. The lowest BCUT2D eigenvalue weighted by atomic mass is 10.1. The second-order valence-electron chi connectivity index (χ2n) is 9.32. The lowest BCUT2D eigenvalue weighted by molar-refractivity contribution is -0.139. The van der Waals surface area contributed by atoms with Gasteiger partial charge in [-0.1, -0.05) is 53.2 Å². The van der Waals surface area contributed by atoms with Crippen molar-refractivity contribution < 1.29 is 22.7 Å². The Hall–Kier alpha value is -3.37. The van der Waals surface area contributed by atoms with Gasteiger partial charge in [-0.05, 0) is 74.4 Å². The van der Waals surface area contributed by atoms with E-state index in [4.69, 9.17) is 4.74 Å². The molecule has 1 N–H and O–H groups in total. The maximum Gasteiger partial charge on any atom is 0.244 e. The largest absolute Gasteiger partial charge is 0.457 e. The third-order valence-electron chi connectivity index (χ3n) is 6.22. The van der Waals surface area contributed by atoms with Gasteiger partial charge in [-0.25, -0.2) is 8.42 Å². The fourth-order valence-electron chi connectivity index (χ4n) is 3.75. The number of nitrogens with one attached hydrogen (secondary N) is 1. The highest BCUT2D eigenvalue weighted by Gasteiger charge is 2.30. The van der Waals surface area contributed by atoms with Crippen molar-refractivity contribution in [3.8, 4) is 11.5 Å².